The molecule has 0 radical (unpaired) electrons. The maximum absolute atomic E-state index is 10.6. The van der Waals surface area contributed by atoms with Crippen LogP contribution in [0.25, 0.3) is 0 Å². The van der Waals surface area contributed by atoms with E-state index in [1.165, 1.54) is 4.88 Å². The quantitative estimate of drug-likeness (QED) is 0.529. The van der Waals surface area contributed by atoms with E-state index in [9.17, 15) is 5.11 Å². The Balaban J connectivity index is 1.94. The van der Waals surface area contributed by atoms with Crippen LogP contribution in [0.4, 0.5) is 0 Å². The van der Waals surface area contributed by atoms with Crippen LogP contribution in [0.15, 0.2) is 40.0 Å². The lowest BCUT2D eigenvalue weighted by Gasteiger charge is -2.21. The summed E-state index contributed by atoms with van der Waals surface area (Å²) in [5, 5.41) is 21.2. The summed E-state index contributed by atoms with van der Waals surface area (Å²) in [6.45, 7) is 7.98. The molecule has 2 aromatic heterocycles. The molecule has 0 aliphatic heterocycles. The third-order valence-corrected chi connectivity index (χ3v) is 5.77. The summed E-state index contributed by atoms with van der Waals surface area (Å²) >= 11 is 3.33. The monoisotopic (exact) mass is 351 g/mol. The minimum absolute atomic E-state index is 0.330. The fourth-order valence-corrected chi connectivity index (χ4v) is 3.73. The Morgan fingerprint density at radius 3 is 2.61 bits per heavy atom. The summed E-state index contributed by atoms with van der Waals surface area (Å²) in [5.74, 6) is 1.17. The van der Waals surface area contributed by atoms with Gasteiger partial charge in [0.1, 0.15) is 5.60 Å². The van der Waals surface area contributed by atoms with Gasteiger partial charge in [0.2, 0.25) is 0 Å². The molecule has 0 bridgehead atoms. The minimum Gasteiger partial charge on any atom is -0.383 e. The summed E-state index contributed by atoms with van der Waals surface area (Å²) in [6.07, 6.45) is 0. The van der Waals surface area contributed by atoms with Crippen LogP contribution >= 0.6 is 22.7 Å². The van der Waals surface area contributed by atoms with E-state index < -0.39 is 5.60 Å². The number of nitrogens with one attached hydrogen (secondary N) is 2. The van der Waals surface area contributed by atoms with Crippen molar-refractivity contribution in [1.82, 2.24) is 10.6 Å². The number of thiophene rings is 2. The number of hydrogen-bond donors (Lipinski definition) is 3. The van der Waals surface area contributed by atoms with Crippen molar-refractivity contribution < 1.29 is 5.11 Å². The Kier molecular flexibility index (Phi) is 6.62. The number of aliphatic hydroxyl groups is 1. The van der Waals surface area contributed by atoms with Crippen molar-refractivity contribution in [3.8, 4) is 0 Å². The second-order valence-corrected chi connectivity index (χ2v) is 7.67. The van der Waals surface area contributed by atoms with Gasteiger partial charge in [0, 0.05) is 28.8 Å². The largest absolute Gasteiger partial charge is 0.383 e. The molecule has 2 rings (SSSR count). The Labute approximate surface area is 146 Å². The molecule has 0 aliphatic rings. The van der Waals surface area contributed by atoms with Crippen molar-refractivity contribution in [2.45, 2.75) is 32.3 Å². The van der Waals surface area contributed by atoms with Gasteiger partial charge in [-0.05, 0) is 36.7 Å². The van der Waals surface area contributed by atoms with Crippen LogP contribution in [-0.2, 0) is 5.60 Å². The molecule has 0 aromatic carbocycles. The van der Waals surface area contributed by atoms with E-state index in [4.69, 9.17) is 0 Å². The van der Waals surface area contributed by atoms with E-state index in [0.29, 0.717) is 12.5 Å². The lowest BCUT2D eigenvalue weighted by atomic mass is 10.1. The van der Waals surface area contributed by atoms with Crippen LogP contribution in [0.3, 0.4) is 0 Å². The zero-order chi connectivity index (χ0) is 16.7. The maximum atomic E-state index is 10.6. The van der Waals surface area contributed by atoms with Gasteiger partial charge in [0.15, 0.2) is 5.96 Å². The first kappa shape index (κ1) is 18.0. The van der Waals surface area contributed by atoms with Crippen molar-refractivity contribution in [1.29, 1.82) is 0 Å². The predicted octanol–water partition coefficient (Wildman–Crippen LogP) is 3.38. The van der Waals surface area contributed by atoms with Gasteiger partial charge in [-0.2, -0.15) is 0 Å². The van der Waals surface area contributed by atoms with Crippen molar-refractivity contribution in [3.05, 3.63) is 44.8 Å². The topological polar surface area (TPSA) is 56.7 Å². The number of hydrogen-bond acceptors (Lipinski definition) is 4. The van der Waals surface area contributed by atoms with Gasteiger partial charge >= 0.3 is 0 Å². The van der Waals surface area contributed by atoms with Crippen LogP contribution < -0.4 is 10.6 Å². The lowest BCUT2D eigenvalue weighted by Crippen LogP contribution is -2.40. The fourth-order valence-electron chi connectivity index (χ4n) is 2.16. The minimum atomic E-state index is -0.935. The van der Waals surface area contributed by atoms with Crippen molar-refractivity contribution >= 4 is 28.6 Å². The molecule has 0 amide bonds. The molecule has 3 N–H and O–H groups in total. The first-order valence-electron chi connectivity index (χ1n) is 7.85. The number of guanidine groups is 1. The molecule has 126 valence electrons. The molecule has 23 heavy (non-hydrogen) atoms. The number of aliphatic imine (C=N–C) groups is 1. The molecule has 0 saturated carbocycles. The average molecular weight is 352 g/mol. The predicted molar refractivity (Wildman–Crippen MR) is 101 cm³/mol. The molecule has 2 heterocycles. The zero-order valence-corrected chi connectivity index (χ0v) is 15.5. The van der Waals surface area contributed by atoms with Gasteiger partial charge in [-0.3, -0.25) is 0 Å². The molecule has 0 saturated heterocycles. The van der Waals surface area contributed by atoms with Crippen LogP contribution in [0.1, 0.15) is 36.4 Å². The molecule has 2 unspecified atom stereocenters. The Hall–Kier alpha value is -1.37. The average Bonchev–Trinajstić information content (AvgIpc) is 3.23. The first-order valence-corrected chi connectivity index (χ1v) is 9.61. The molecule has 0 aliphatic carbocycles. The normalized spacial score (nSPS) is 15.9. The Morgan fingerprint density at radius 2 is 2.00 bits per heavy atom. The molecular weight excluding hydrogens is 326 g/mol. The van der Waals surface area contributed by atoms with E-state index in [1.807, 2.05) is 24.4 Å². The van der Waals surface area contributed by atoms with Gasteiger partial charge in [0.05, 0.1) is 6.54 Å². The molecule has 0 fully saturated rings. The fraction of sp³-hybridized carbons (Fsp3) is 0.471. The van der Waals surface area contributed by atoms with E-state index in [-0.39, 0.29) is 0 Å². The summed E-state index contributed by atoms with van der Waals surface area (Å²) in [5.41, 5.74) is -0.935. The van der Waals surface area contributed by atoms with Gasteiger partial charge < -0.3 is 15.7 Å². The van der Waals surface area contributed by atoms with Gasteiger partial charge in [-0.1, -0.05) is 19.1 Å². The van der Waals surface area contributed by atoms with Gasteiger partial charge in [0.25, 0.3) is 0 Å². The van der Waals surface area contributed by atoms with Crippen molar-refractivity contribution in [3.63, 3.8) is 0 Å². The summed E-state index contributed by atoms with van der Waals surface area (Å²) in [4.78, 5) is 6.84. The lowest BCUT2D eigenvalue weighted by molar-refractivity contribution is 0.0711. The number of rotatable bonds is 7. The van der Waals surface area contributed by atoms with E-state index in [0.717, 1.165) is 23.9 Å². The zero-order valence-electron chi connectivity index (χ0n) is 13.9. The highest BCUT2D eigenvalue weighted by molar-refractivity contribution is 7.10. The highest BCUT2D eigenvalue weighted by atomic mass is 32.1. The molecule has 6 heteroatoms. The summed E-state index contributed by atoms with van der Waals surface area (Å²) in [7, 11) is 0. The molecule has 2 aromatic rings. The first-order chi connectivity index (χ1) is 11.0. The van der Waals surface area contributed by atoms with E-state index >= 15 is 0 Å². The van der Waals surface area contributed by atoms with Crippen molar-refractivity contribution in [2.75, 3.05) is 19.6 Å². The third-order valence-electron chi connectivity index (χ3n) is 3.55. The Morgan fingerprint density at radius 1 is 1.26 bits per heavy atom. The van der Waals surface area contributed by atoms with Gasteiger partial charge in [-0.25, -0.2) is 4.99 Å². The van der Waals surface area contributed by atoms with E-state index in [2.05, 4.69) is 40.1 Å². The SMILES string of the molecule is CCNC(=NCC(C)(O)c1cccs1)NCC(C)c1cccs1. The van der Waals surface area contributed by atoms with Gasteiger partial charge in [-0.15, -0.1) is 22.7 Å². The summed E-state index contributed by atoms with van der Waals surface area (Å²) < 4.78 is 0. The molecule has 0 spiro atoms. The number of nitrogens with zero attached hydrogens (tertiary/aromatic N) is 1. The van der Waals surface area contributed by atoms with Crippen LogP contribution in [0.5, 0.6) is 0 Å². The molecule has 2 atom stereocenters. The second-order valence-electron chi connectivity index (χ2n) is 5.74. The smallest absolute Gasteiger partial charge is 0.191 e. The standard InChI is InChI=1S/C17H25N3OS2/c1-4-18-16(19-11-13(2)14-7-5-9-22-14)20-12-17(3,21)15-8-6-10-23-15/h5-10,13,21H,4,11-12H2,1-3H3,(H2,18,19,20). The highest BCUT2D eigenvalue weighted by Crippen LogP contribution is 2.25. The molecular formula is C17H25N3OS2. The molecule has 4 nitrogen and oxygen atoms in total. The van der Waals surface area contributed by atoms with E-state index in [1.54, 1.807) is 29.6 Å². The third kappa shape index (κ3) is 5.34. The summed E-state index contributed by atoms with van der Waals surface area (Å²) in [6, 6.07) is 8.13. The van der Waals surface area contributed by atoms with Crippen LogP contribution in [0.2, 0.25) is 0 Å². The highest BCUT2D eigenvalue weighted by Gasteiger charge is 2.24. The maximum Gasteiger partial charge on any atom is 0.191 e. The van der Waals surface area contributed by atoms with Crippen LogP contribution in [-0.4, -0.2) is 30.7 Å². The second kappa shape index (κ2) is 8.47. The Bertz CT molecular complexity index is 591. The van der Waals surface area contributed by atoms with Crippen LogP contribution in [0, 0.1) is 0 Å². The van der Waals surface area contributed by atoms with Crippen molar-refractivity contribution in [2.24, 2.45) is 4.99 Å².